The van der Waals surface area contributed by atoms with E-state index in [4.69, 9.17) is 16.3 Å². The SMILES string of the molecule is CCCCCCCCCCCCCCOC(=O)Nc1ccc(C(=O)Nc2cc(-c3nc4c(Cl)c(C(C)(C)C)[nH]n4n3)ccc2O)cc1. The van der Waals surface area contributed by atoms with E-state index in [2.05, 4.69) is 32.7 Å². The number of carbonyl (C=O) groups is 2. The van der Waals surface area contributed by atoms with Crippen molar-refractivity contribution in [2.75, 3.05) is 17.2 Å². The Kier molecular flexibility index (Phi) is 13.1. The van der Waals surface area contributed by atoms with Gasteiger partial charge in [-0.25, -0.2) is 9.78 Å². The number of phenolic OH excluding ortho intramolecular Hbond substituents is 1. The molecule has 4 rings (SSSR count). The molecule has 47 heavy (non-hydrogen) atoms. The van der Waals surface area contributed by atoms with Gasteiger partial charge in [-0.2, -0.15) is 4.63 Å². The molecule has 2 aromatic heterocycles. The zero-order valence-corrected chi connectivity index (χ0v) is 28.9. The molecule has 2 heterocycles. The Balaban J connectivity index is 1.19. The van der Waals surface area contributed by atoms with Gasteiger partial charge in [0.05, 0.1) is 18.0 Å². The van der Waals surface area contributed by atoms with Gasteiger partial charge in [0.25, 0.3) is 5.91 Å². The number of aromatic nitrogens is 4. The summed E-state index contributed by atoms with van der Waals surface area (Å²) in [4.78, 5) is 29.8. The number of hydrogen-bond donors (Lipinski definition) is 4. The number of aromatic hydroxyl groups is 1. The highest BCUT2D eigenvalue weighted by molar-refractivity contribution is 6.34. The number of carbonyl (C=O) groups excluding carboxylic acids is 2. The van der Waals surface area contributed by atoms with Crippen LogP contribution in [-0.2, 0) is 10.2 Å². The zero-order valence-electron chi connectivity index (χ0n) is 28.1. The monoisotopic (exact) mass is 664 g/mol. The number of aromatic amines is 1. The van der Waals surface area contributed by atoms with Crippen LogP contribution in [0.4, 0.5) is 16.2 Å². The number of phenols is 1. The van der Waals surface area contributed by atoms with Crippen molar-refractivity contribution in [3.05, 3.63) is 58.7 Å². The van der Waals surface area contributed by atoms with Crippen molar-refractivity contribution < 1.29 is 19.4 Å². The summed E-state index contributed by atoms with van der Waals surface area (Å²) in [6.07, 6.45) is 14.5. The number of anilines is 2. The number of unbranched alkanes of at least 4 members (excludes halogenated alkanes) is 11. The molecule has 0 saturated heterocycles. The van der Waals surface area contributed by atoms with Crippen molar-refractivity contribution in [2.45, 2.75) is 110 Å². The van der Waals surface area contributed by atoms with Gasteiger partial charge in [-0.3, -0.25) is 15.2 Å². The number of halogens is 1. The average molecular weight is 665 g/mol. The van der Waals surface area contributed by atoms with Gasteiger partial charge < -0.3 is 15.2 Å². The number of hydrogen-bond acceptors (Lipinski definition) is 6. The Morgan fingerprint density at radius 3 is 2.11 bits per heavy atom. The fourth-order valence-electron chi connectivity index (χ4n) is 5.35. The molecule has 2 amide bonds. The van der Waals surface area contributed by atoms with Crippen LogP contribution in [0.15, 0.2) is 42.5 Å². The molecule has 0 aliphatic rings. The molecular formula is C36H49ClN6O4. The van der Waals surface area contributed by atoms with Crippen LogP contribution in [0.5, 0.6) is 5.75 Å². The second-order valence-electron chi connectivity index (χ2n) is 13.1. The smallest absolute Gasteiger partial charge is 0.411 e. The number of amides is 2. The molecule has 4 N–H and O–H groups in total. The lowest BCUT2D eigenvalue weighted by atomic mass is 9.92. The van der Waals surface area contributed by atoms with E-state index in [1.807, 2.05) is 20.8 Å². The van der Waals surface area contributed by atoms with Gasteiger partial charge in [-0.15, -0.1) is 5.10 Å². The van der Waals surface area contributed by atoms with Crippen molar-refractivity contribution in [1.82, 2.24) is 19.8 Å². The van der Waals surface area contributed by atoms with Crippen LogP contribution in [0.1, 0.15) is 121 Å². The van der Waals surface area contributed by atoms with Crippen molar-refractivity contribution in [3.8, 4) is 17.1 Å². The third-order valence-corrected chi connectivity index (χ3v) is 8.48. The number of H-pyrrole nitrogens is 1. The topological polar surface area (TPSA) is 134 Å². The summed E-state index contributed by atoms with van der Waals surface area (Å²) in [5, 5.41) is 24.0. The summed E-state index contributed by atoms with van der Waals surface area (Å²) in [6, 6.07) is 11.2. The normalized spacial score (nSPS) is 11.6. The van der Waals surface area contributed by atoms with Crippen LogP contribution in [-0.4, -0.2) is 43.5 Å². The van der Waals surface area contributed by atoms with Crippen LogP contribution in [0.3, 0.4) is 0 Å². The molecule has 11 heteroatoms. The Morgan fingerprint density at radius 1 is 0.894 bits per heavy atom. The standard InChI is InChI=1S/C36H49ClN6O4/c1-5-6-7-8-9-10-11-12-13-14-15-16-23-47-35(46)38-27-20-17-25(18-21-27)34(45)39-28-24-26(19-22-29(28)44)32-40-33-30(37)31(36(2,3)4)41-43(33)42-32/h17-22,24,41,44H,5-16,23H2,1-4H3,(H,38,46)(H,39,45). The second-order valence-corrected chi connectivity index (χ2v) is 13.5. The molecule has 10 nitrogen and oxygen atoms in total. The quantitative estimate of drug-likeness (QED) is 0.0656. The lowest BCUT2D eigenvalue weighted by molar-refractivity contribution is 0.102. The number of fused-ring (bicyclic) bond motifs is 1. The van der Waals surface area contributed by atoms with Gasteiger partial charge in [0.2, 0.25) is 0 Å². The average Bonchev–Trinajstić information content (AvgIpc) is 3.60. The molecule has 0 aliphatic heterocycles. The first-order valence-corrected chi connectivity index (χ1v) is 17.3. The molecule has 4 aromatic rings. The van der Waals surface area contributed by atoms with Gasteiger partial charge in [-0.05, 0) is 48.9 Å². The highest BCUT2D eigenvalue weighted by Crippen LogP contribution is 2.33. The highest BCUT2D eigenvalue weighted by Gasteiger charge is 2.24. The van der Waals surface area contributed by atoms with E-state index in [1.54, 1.807) is 36.4 Å². The summed E-state index contributed by atoms with van der Waals surface area (Å²) >= 11 is 6.56. The Morgan fingerprint density at radius 2 is 1.51 bits per heavy atom. The second kappa shape index (κ2) is 17.2. The van der Waals surface area contributed by atoms with E-state index >= 15 is 0 Å². The molecule has 254 valence electrons. The maximum Gasteiger partial charge on any atom is 0.411 e. The number of benzene rings is 2. The Labute approximate surface area is 282 Å². The molecule has 0 bridgehead atoms. The number of nitrogens with one attached hydrogen (secondary N) is 3. The minimum absolute atomic E-state index is 0.103. The van der Waals surface area contributed by atoms with Crippen molar-refractivity contribution in [2.24, 2.45) is 0 Å². The first-order chi connectivity index (χ1) is 22.6. The third kappa shape index (κ3) is 10.5. The van der Waals surface area contributed by atoms with Crippen molar-refractivity contribution in [3.63, 3.8) is 0 Å². The van der Waals surface area contributed by atoms with Crippen LogP contribution in [0, 0.1) is 0 Å². The van der Waals surface area contributed by atoms with Crippen LogP contribution in [0.2, 0.25) is 5.02 Å². The lowest BCUT2D eigenvalue weighted by Gasteiger charge is -2.16. The minimum atomic E-state index is -0.521. The predicted molar refractivity (Wildman–Crippen MR) is 189 cm³/mol. The molecule has 0 saturated carbocycles. The summed E-state index contributed by atoms with van der Waals surface area (Å²) in [7, 11) is 0. The first kappa shape index (κ1) is 35.8. The van der Waals surface area contributed by atoms with E-state index in [1.165, 1.54) is 68.5 Å². The van der Waals surface area contributed by atoms with E-state index in [9.17, 15) is 14.7 Å². The van der Waals surface area contributed by atoms with Crippen LogP contribution in [0.25, 0.3) is 17.0 Å². The van der Waals surface area contributed by atoms with Gasteiger partial charge >= 0.3 is 6.09 Å². The van der Waals surface area contributed by atoms with Gasteiger partial charge in [0.1, 0.15) is 10.8 Å². The summed E-state index contributed by atoms with van der Waals surface area (Å²) in [5.74, 6) is -0.148. The number of ether oxygens (including phenoxy) is 1. The van der Waals surface area contributed by atoms with Gasteiger partial charge in [0, 0.05) is 22.2 Å². The molecule has 0 radical (unpaired) electrons. The van der Waals surface area contributed by atoms with E-state index in [0.717, 1.165) is 25.0 Å². The fourth-order valence-corrected chi connectivity index (χ4v) is 5.80. The summed E-state index contributed by atoms with van der Waals surface area (Å²) < 4.78 is 6.84. The van der Waals surface area contributed by atoms with Gasteiger partial charge in [-0.1, -0.05) is 110 Å². The zero-order chi connectivity index (χ0) is 33.8. The van der Waals surface area contributed by atoms with E-state index < -0.39 is 12.0 Å². The van der Waals surface area contributed by atoms with Crippen LogP contribution < -0.4 is 10.6 Å². The molecule has 2 aromatic carbocycles. The largest absolute Gasteiger partial charge is 0.506 e. The summed E-state index contributed by atoms with van der Waals surface area (Å²) in [6.45, 7) is 8.75. The highest BCUT2D eigenvalue weighted by atomic mass is 35.5. The molecule has 0 atom stereocenters. The molecule has 0 spiro atoms. The van der Waals surface area contributed by atoms with Crippen molar-refractivity contribution in [1.29, 1.82) is 0 Å². The van der Waals surface area contributed by atoms with Crippen LogP contribution >= 0.6 is 11.6 Å². The predicted octanol–water partition coefficient (Wildman–Crippen LogP) is 9.88. The first-order valence-electron chi connectivity index (χ1n) is 16.9. The molecule has 0 aliphatic carbocycles. The molecular weight excluding hydrogens is 616 g/mol. The Hall–Kier alpha value is -4.05. The maximum atomic E-state index is 13.0. The maximum absolute atomic E-state index is 13.0. The third-order valence-electron chi connectivity index (χ3n) is 8.12. The van der Waals surface area contributed by atoms with E-state index in [0.29, 0.717) is 39.9 Å². The van der Waals surface area contributed by atoms with Crippen molar-refractivity contribution >= 4 is 40.6 Å². The molecule has 0 unspecified atom stereocenters. The summed E-state index contributed by atoms with van der Waals surface area (Å²) in [5.41, 5.74) is 2.76. The number of nitrogens with zero attached hydrogens (tertiary/aromatic N) is 3. The van der Waals surface area contributed by atoms with E-state index in [-0.39, 0.29) is 16.9 Å². The lowest BCUT2D eigenvalue weighted by Crippen LogP contribution is -2.15. The Bertz CT molecular complexity index is 1610. The molecule has 0 fully saturated rings. The number of rotatable bonds is 17. The van der Waals surface area contributed by atoms with Gasteiger partial charge in [0.15, 0.2) is 11.5 Å². The fraction of sp³-hybridized carbons (Fsp3) is 0.500. The minimum Gasteiger partial charge on any atom is -0.506 e.